The minimum atomic E-state index is 0.364. The lowest BCUT2D eigenvalue weighted by atomic mass is 10.4. The molecule has 0 unspecified atom stereocenters. The molecular formula is C6H4BrClN2O. The summed E-state index contributed by atoms with van der Waals surface area (Å²) in [5.74, 6) is 0. The Morgan fingerprint density at radius 1 is 1.64 bits per heavy atom. The van der Waals surface area contributed by atoms with Crippen LogP contribution in [0.2, 0.25) is 5.15 Å². The SMILES string of the molecule is ON=Cc1nc(Cl)ccc1Br. The molecule has 0 aromatic carbocycles. The molecular weight excluding hydrogens is 231 g/mol. The lowest BCUT2D eigenvalue weighted by molar-refractivity contribution is 0.321. The van der Waals surface area contributed by atoms with Gasteiger partial charge >= 0.3 is 0 Å². The van der Waals surface area contributed by atoms with Crippen LogP contribution in [-0.4, -0.2) is 16.4 Å². The molecule has 1 aromatic heterocycles. The summed E-state index contributed by atoms with van der Waals surface area (Å²) in [6.07, 6.45) is 1.20. The normalized spacial score (nSPS) is 10.7. The molecule has 0 atom stereocenters. The average molecular weight is 235 g/mol. The fourth-order valence-electron chi connectivity index (χ4n) is 0.578. The molecule has 0 saturated carbocycles. The van der Waals surface area contributed by atoms with Crippen molar-refractivity contribution in [3.05, 3.63) is 27.5 Å². The van der Waals surface area contributed by atoms with Gasteiger partial charge in [0.15, 0.2) is 0 Å². The van der Waals surface area contributed by atoms with Crippen LogP contribution in [0.3, 0.4) is 0 Å². The van der Waals surface area contributed by atoms with Gasteiger partial charge in [-0.25, -0.2) is 4.98 Å². The third kappa shape index (κ3) is 2.17. The lowest BCUT2D eigenvalue weighted by Crippen LogP contribution is -1.88. The van der Waals surface area contributed by atoms with Gasteiger partial charge in [-0.1, -0.05) is 16.8 Å². The molecule has 1 aromatic rings. The Morgan fingerprint density at radius 3 is 3.00 bits per heavy atom. The van der Waals surface area contributed by atoms with Crippen molar-refractivity contribution in [2.45, 2.75) is 0 Å². The summed E-state index contributed by atoms with van der Waals surface area (Å²) in [7, 11) is 0. The molecule has 0 aliphatic rings. The van der Waals surface area contributed by atoms with Crippen molar-refractivity contribution in [1.29, 1.82) is 0 Å². The van der Waals surface area contributed by atoms with Gasteiger partial charge in [0.05, 0.1) is 6.21 Å². The Balaban J connectivity index is 3.12. The van der Waals surface area contributed by atoms with E-state index in [1.165, 1.54) is 6.21 Å². The molecule has 0 aliphatic carbocycles. The molecule has 3 nitrogen and oxygen atoms in total. The van der Waals surface area contributed by atoms with E-state index in [0.717, 1.165) is 4.47 Å². The topological polar surface area (TPSA) is 45.5 Å². The van der Waals surface area contributed by atoms with Crippen LogP contribution in [0.1, 0.15) is 5.69 Å². The number of oxime groups is 1. The van der Waals surface area contributed by atoms with Crippen LogP contribution >= 0.6 is 27.5 Å². The van der Waals surface area contributed by atoms with Crippen LogP contribution in [0, 0.1) is 0 Å². The Bertz CT molecular complexity index is 290. The summed E-state index contributed by atoms with van der Waals surface area (Å²) in [4.78, 5) is 3.87. The van der Waals surface area contributed by atoms with Crippen molar-refractivity contribution >= 4 is 33.7 Å². The van der Waals surface area contributed by atoms with Crippen LogP contribution in [-0.2, 0) is 0 Å². The number of halogens is 2. The van der Waals surface area contributed by atoms with Gasteiger partial charge in [-0.05, 0) is 28.1 Å². The average Bonchev–Trinajstić information content (AvgIpc) is 1.98. The van der Waals surface area contributed by atoms with Crippen LogP contribution < -0.4 is 0 Å². The van der Waals surface area contributed by atoms with Gasteiger partial charge in [-0.15, -0.1) is 0 Å². The number of pyridine rings is 1. The Hall–Kier alpha value is -0.610. The predicted molar refractivity (Wildman–Crippen MR) is 46.3 cm³/mol. The van der Waals surface area contributed by atoms with E-state index in [4.69, 9.17) is 16.8 Å². The quantitative estimate of drug-likeness (QED) is 0.351. The molecule has 1 heterocycles. The monoisotopic (exact) mass is 234 g/mol. The zero-order chi connectivity index (χ0) is 8.27. The number of aromatic nitrogens is 1. The highest BCUT2D eigenvalue weighted by Crippen LogP contribution is 2.15. The van der Waals surface area contributed by atoms with E-state index in [9.17, 15) is 0 Å². The molecule has 11 heavy (non-hydrogen) atoms. The predicted octanol–water partition coefficient (Wildman–Crippen LogP) is 2.31. The summed E-state index contributed by atoms with van der Waals surface area (Å²) < 4.78 is 0.736. The highest BCUT2D eigenvalue weighted by Gasteiger charge is 1.98. The minimum absolute atomic E-state index is 0.364. The summed E-state index contributed by atoms with van der Waals surface area (Å²) in [6.45, 7) is 0. The fourth-order valence-corrected chi connectivity index (χ4v) is 1.06. The van der Waals surface area contributed by atoms with E-state index >= 15 is 0 Å². The molecule has 1 rings (SSSR count). The molecule has 0 fully saturated rings. The number of hydrogen-bond acceptors (Lipinski definition) is 3. The maximum absolute atomic E-state index is 8.20. The molecule has 58 valence electrons. The van der Waals surface area contributed by atoms with Crippen molar-refractivity contribution in [2.75, 3.05) is 0 Å². The Morgan fingerprint density at radius 2 is 2.36 bits per heavy atom. The van der Waals surface area contributed by atoms with Crippen molar-refractivity contribution in [1.82, 2.24) is 4.98 Å². The molecule has 1 N–H and O–H groups in total. The molecule has 0 radical (unpaired) electrons. The van der Waals surface area contributed by atoms with Gasteiger partial charge in [0.1, 0.15) is 10.8 Å². The standard InChI is InChI=1S/C6H4BrClN2O/c7-4-1-2-6(8)10-5(4)3-9-11/h1-3,11H. The Kier molecular flexibility index (Phi) is 2.84. The molecule has 0 bridgehead atoms. The van der Waals surface area contributed by atoms with Crippen LogP contribution in [0.25, 0.3) is 0 Å². The van der Waals surface area contributed by atoms with E-state index in [-0.39, 0.29) is 0 Å². The summed E-state index contributed by atoms with van der Waals surface area (Å²) >= 11 is 8.79. The first kappa shape index (κ1) is 8.49. The van der Waals surface area contributed by atoms with Gasteiger partial charge < -0.3 is 5.21 Å². The molecule has 0 spiro atoms. The summed E-state index contributed by atoms with van der Waals surface area (Å²) in [5.41, 5.74) is 0.500. The third-order valence-corrected chi connectivity index (χ3v) is 1.90. The van der Waals surface area contributed by atoms with E-state index < -0.39 is 0 Å². The van der Waals surface area contributed by atoms with Crippen molar-refractivity contribution in [2.24, 2.45) is 5.16 Å². The van der Waals surface area contributed by atoms with E-state index in [0.29, 0.717) is 10.8 Å². The van der Waals surface area contributed by atoms with Gasteiger partial charge in [-0.2, -0.15) is 0 Å². The maximum Gasteiger partial charge on any atom is 0.129 e. The molecule has 0 saturated heterocycles. The van der Waals surface area contributed by atoms with Gasteiger partial charge in [0.2, 0.25) is 0 Å². The second kappa shape index (κ2) is 3.69. The highest BCUT2D eigenvalue weighted by atomic mass is 79.9. The van der Waals surface area contributed by atoms with Crippen LogP contribution in [0.15, 0.2) is 21.8 Å². The lowest BCUT2D eigenvalue weighted by Gasteiger charge is -1.95. The molecule has 5 heteroatoms. The highest BCUT2D eigenvalue weighted by molar-refractivity contribution is 9.10. The largest absolute Gasteiger partial charge is 0.411 e. The van der Waals surface area contributed by atoms with Crippen LogP contribution in [0.5, 0.6) is 0 Å². The van der Waals surface area contributed by atoms with Crippen molar-refractivity contribution in [3.63, 3.8) is 0 Å². The fraction of sp³-hybridized carbons (Fsp3) is 0. The van der Waals surface area contributed by atoms with Crippen LogP contribution in [0.4, 0.5) is 0 Å². The van der Waals surface area contributed by atoms with Crippen molar-refractivity contribution < 1.29 is 5.21 Å². The summed E-state index contributed by atoms with van der Waals surface area (Å²) in [6, 6.07) is 3.37. The van der Waals surface area contributed by atoms with Gasteiger partial charge in [0, 0.05) is 4.47 Å². The smallest absolute Gasteiger partial charge is 0.129 e. The zero-order valence-corrected chi connectivity index (χ0v) is 7.67. The van der Waals surface area contributed by atoms with Gasteiger partial charge in [0.25, 0.3) is 0 Å². The molecule has 0 aliphatic heterocycles. The summed E-state index contributed by atoms with van der Waals surface area (Å²) in [5, 5.41) is 11.4. The first-order valence-corrected chi connectivity index (χ1v) is 3.90. The number of nitrogens with zero attached hydrogens (tertiary/aromatic N) is 2. The maximum atomic E-state index is 8.20. The number of rotatable bonds is 1. The zero-order valence-electron chi connectivity index (χ0n) is 5.33. The van der Waals surface area contributed by atoms with E-state index in [2.05, 4.69) is 26.1 Å². The van der Waals surface area contributed by atoms with Gasteiger partial charge in [-0.3, -0.25) is 0 Å². The minimum Gasteiger partial charge on any atom is -0.411 e. The van der Waals surface area contributed by atoms with E-state index in [1.54, 1.807) is 12.1 Å². The second-order valence-electron chi connectivity index (χ2n) is 1.75. The number of hydrogen-bond donors (Lipinski definition) is 1. The second-order valence-corrected chi connectivity index (χ2v) is 2.99. The molecule has 0 amide bonds. The Labute approximate surface area is 76.8 Å². The first-order chi connectivity index (χ1) is 5.24. The van der Waals surface area contributed by atoms with E-state index in [1.807, 2.05) is 0 Å². The first-order valence-electron chi connectivity index (χ1n) is 2.73. The third-order valence-electron chi connectivity index (χ3n) is 1.02. The van der Waals surface area contributed by atoms with Crippen molar-refractivity contribution in [3.8, 4) is 0 Å².